The van der Waals surface area contributed by atoms with Crippen molar-refractivity contribution in [3.63, 3.8) is 0 Å². The number of nitrogens with one attached hydrogen (secondary N) is 1. The monoisotopic (exact) mass is 417 g/mol. The summed E-state index contributed by atoms with van der Waals surface area (Å²) in [5, 5.41) is 2.30. The van der Waals surface area contributed by atoms with E-state index >= 15 is 0 Å². The maximum absolute atomic E-state index is 13.7. The van der Waals surface area contributed by atoms with Crippen molar-refractivity contribution in [1.82, 2.24) is 4.90 Å². The fourth-order valence-electron chi connectivity index (χ4n) is 2.92. The molecule has 2 aromatic rings. The number of hydrogen-bond donors (Lipinski definition) is 1. The first-order valence-electron chi connectivity index (χ1n) is 9.25. The van der Waals surface area contributed by atoms with Crippen LogP contribution in [0.1, 0.15) is 25.3 Å². The van der Waals surface area contributed by atoms with E-state index in [1.807, 2.05) is 38.1 Å². The zero-order chi connectivity index (χ0) is 21.0. The second-order valence-electron chi connectivity index (χ2n) is 6.71. The summed E-state index contributed by atoms with van der Waals surface area (Å²) in [5.41, 5.74) is 1.67. The Labute approximate surface area is 172 Å². The molecule has 5 nitrogen and oxygen atoms in total. The average molecular weight is 417 g/mol. The molecule has 1 heterocycles. The highest BCUT2D eigenvalue weighted by Crippen LogP contribution is 2.32. The van der Waals surface area contributed by atoms with Crippen LogP contribution in [0.15, 0.2) is 47.5 Å². The second kappa shape index (κ2) is 9.17. The van der Waals surface area contributed by atoms with Gasteiger partial charge >= 0.3 is 0 Å². The molecular weight excluding hydrogens is 396 g/mol. The van der Waals surface area contributed by atoms with E-state index in [0.29, 0.717) is 17.8 Å². The SMILES string of the molecule is CCCN1C(=O)C(CC(=O)Nc2ccc(F)cc2F)SC1=Nc1cccc(C)c1. The van der Waals surface area contributed by atoms with Gasteiger partial charge in [-0.2, -0.15) is 0 Å². The number of benzene rings is 2. The molecule has 2 aromatic carbocycles. The van der Waals surface area contributed by atoms with Crippen molar-refractivity contribution in [3.8, 4) is 0 Å². The number of rotatable bonds is 6. The Bertz CT molecular complexity index is 965. The van der Waals surface area contributed by atoms with Gasteiger partial charge in [0.15, 0.2) is 5.17 Å². The van der Waals surface area contributed by atoms with Crippen LogP contribution >= 0.6 is 11.8 Å². The zero-order valence-corrected chi connectivity index (χ0v) is 16.9. The predicted molar refractivity (Wildman–Crippen MR) is 111 cm³/mol. The molecule has 1 saturated heterocycles. The number of carbonyl (C=O) groups is 2. The summed E-state index contributed by atoms with van der Waals surface area (Å²) >= 11 is 1.22. The minimum absolute atomic E-state index is 0.120. The van der Waals surface area contributed by atoms with Crippen molar-refractivity contribution >= 4 is 40.1 Å². The fourth-order valence-corrected chi connectivity index (χ4v) is 4.11. The van der Waals surface area contributed by atoms with Crippen molar-refractivity contribution in [3.05, 3.63) is 59.7 Å². The lowest BCUT2D eigenvalue weighted by atomic mass is 10.2. The van der Waals surface area contributed by atoms with Gasteiger partial charge in [0.25, 0.3) is 0 Å². The molecule has 1 aliphatic heterocycles. The topological polar surface area (TPSA) is 61.8 Å². The summed E-state index contributed by atoms with van der Waals surface area (Å²) < 4.78 is 26.8. The number of thioether (sulfide) groups is 1. The largest absolute Gasteiger partial charge is 0.324 e. The molecule has 29 heavy (non-hydrogen) atoms. The molecule has 0 aliphatic carbocycles. The summed E-state index contributed by atoms with van der Waals surface area (Å²) in [6.07, 6.45) is 0.617. The number of nitrogens with zero attached hydrogens (tertiary/aromatic N) is 2. The van der Waals surface area contributed by atoms with Crippen LogP contribution in [0.2, 0.25) is 0 Å². The number of amidine groups is 1. The maximum atomic E-state index is 13.7. The van der Waals surface area contributed by atoms with Gasteiger partial charge in [0.05, 0.1) is 11.4 Å². The highest BCUT2D eigenvalue weighted by molar-refractivity contribution is 8.15. The number of carbonyl (C=O) groups excluding carboxylic acids is 2. The van der Waals surface area contributed by atoms with Crippen LogP contribution < -0.4 is 5.32 Å². The quantitative estimate of drug-likeness (QED) is 0.745. The van der Waals surface area contributed by atoms with E-state index in [0.717, 1.165) is 29.8 Å². The van der Waals surface area contributed by atoms with E-state index in [1.165, 1.54) is 11.8 Å². The molecule has 1 aliphatic rings. The molecule has 2 amide bonds. The molecule has 3 rings (SSSR count). The lowest BCUT2D eigenvalue weighted by Crippen LogP contribution is -2.34. The molecule has 0 aromatic heterocycles. The first-order chi connectivity index (χ1) is 13.9. The van der Waals surface area contributed by atoms with E-state index in [-0.39, 0.29) is 18.0 Å². The van der Waals surface area contributed by atoms with E-state index in [1.54, 1.807) is 4.90 Å². The lowest BCUT2D eigenvalue weighted by Gasteiger charge is -2.15. The van der Waals surface area contributed by atoms with E-state index < -0.39 is 22.8 Å². The third-order valence-electron chi connectivity index (χ3n) is 4.27. The molecule has 0 spiro atoms. The normalized spacial score (nSPS) is 17.8. The van der Waals surface area contributed by atoms with Gasteiger partial charge in [0.1, 0.15) is 16.9 Å². The van der Waals surface area contributed by atoms with Crippen molar-refractivity contribution in [1.29, 1.82) is 0 Å². The summed E-state index contributed by atoms with van der Waals surface area (Å²) in [6, 6.07) is 10.5. The van der Waals surface area contributed by atoms with Gasteiger partial charge in [-0.05, 0) is 43.2 Å². The van der Waals surface area contributed by atoms with Crippen LogP contribution in [0.25, 0.3) is 0 Å². The molecule has 152 valence electrons. The van der Waals surface area contributed by atoms with Crippen LogP contribution in [-0.4, -0.2) is 33.7 Å². The molecule has 1 atom stereocenters. The van der Waals surface area contributed by atoms with Crippen LogP contribution in [-0.2, 0) is 9.59 Å². The summed E-state index contributed by atoms with van der Waals surface area (Å²) in [6.45, 7) is 4.42. The Balaban J connectivity index is 1.74. The molecule has 0 saturated carbocycles. The fraction of sp³-hybridized carbons (Fsp3) is 0.286. The number of halogens is 2. The van der Waals surface area contributed by atoms with Gasteiger partial charge in [0, 0.05) is 19.0 Å². The van der Waals surface area contributed by atoms with E-state index in [4.69, 9.17) is 0 Å². The lowest BCUT2D eigenvalue weighted by molar-refractivity contribution is -0.128. The maximum Gasteiger partial charge on any atom is 0.242 e. The first kappa shape index (κ1) is 21.0. The van der Waals surface area contributed by atoms with Crippen molar-refractivity contribution in [2.24, 2.45) is 4.99 Å². The summed E-state index contributed by atoms with van der Waals surface area (Å²) in [7, 11) is 0. The van der Waals surface area contributed by atoms with Crippen LogP contribution in [0, 0.1) is 18.6 Å². The molecule has 8 heteroatoms. The smallest absolute Gasteiger partial charge is 0.242 e. The Morgan fingerprint density at radius 3 is 2.72 bits per heavy atom. The van der Waals surface area contributed by atoms with Crippen LogP contribution in [0.3, 0.4) is 0 Å². The number of amides is 2. The van der Waals surface area contributed by atoms with Crippen molar-refractivity contribution in [2.45, 2.75) is 31.9 Å². The van der Waals surface area contributed by atoms with Crippen molar-refractivity contribution in [2.75, 3.05) is 11.9 Å². The van der Waals surface area contributed by atoms with Crippen molar-refractivity contribution < 1.29 is 18.4 Å². The number of anilines is 1. The third kappa shape index (κ3) is 5.20. The Morgan fingerprint density at radius 1 is 1.24 bits per heavy atom. The summed E-state index contributed by atoms with van der Waals surface area (Å²) in [5.74, 6) is -2.31. The molecule has 0 radical (unpaired) electrons. The number of hydrogen-bond acceptors (Lipinski definition) is 4. The second-order valence-corrected chi connectivity index (χ2v) is 7.88. The standard InChI is InChI=1S/C21H21F2N3O2S/c1-3-9-26-20(28)18(29-21(26)24-15-6-4-5-13(2)10-15)12-19(27)25-17-8-7-14(22)11-16(17)23/h4-8,10-11,18H,3,9,12H2,1-2H3,(H,25,27). The van der Waals surface area contributed by atoms with Gasteiger partial charge in [0.2, 0.25) is 11.8 Å². The number of aryl methyl sites for hydroxylation is 1. The minimum atomic E-state index is -0.863. The molecule has 1 N–H and O–H groups in total. The van der Waals surface area contributed by atoms with Gasteiger partial charge in [-0.1, -0.05) is 30.8 Å². The summed E-state index contributed by atoms with van der Waals surface area (Å²) in [4.78, 5) is 31.3. The molecule has 1 unspecified atom stereocenters. The van der Waals surface area contributed by atoms with Crippen LogP contribution in [0.4, 0.5) is 20.2 Å². The van der Waals surface area contributed by atoms with Gasteiger partial charge < -0.3 is 5.32 Å². The Morgan fingerprint density at radius 2 is 2.03 bits per heavy atom. The van der Waals surface area contributed by atoms with Gasteiger partial charge in [-0.25, -0.2) is 13.8 Å². The Hall–Kier alpha value is -2.74. The molecule has 1 fully saturated rings. The first-order valence-corrected chi connectivity index (χ1v) is 10.1. The van der Waals surface area contributed by atoms with E-state index in [2.05, 4.69) is 10.3 Å². The van der Waals surface area contributed by atoms with Crippen LogP contribution in [0.5, 0.6) is 0 Å². The van der Waals surface area contributed by atoms with E-state index in [9.17, 15) is 18.4 Å². The minimum Gasteiger partial charge on any atom is -0.324 e. The number of aliphatic imine (C=N–C) groups is 1. The highest BCUT2D eigenvalue weighted by atomic mass is 32.2. The predicted octanol–water partition coefficient (Wildman–Crippen LogP) is 4.64. The van der Waals surface area contributed by atoms with Gasteiger partial charge in [-0.15, -0.1) is 0 Å². The average Bonchev–Trinajstić information content (AvgIpc) is 2.93. The molecule has 0 bridgehead atoms. The van der Waals surface area contributed by atoms with Gasteiger partial charge in [-0.3, -0.25) is 14.5 Å². The highest BCUT2D eigenvalue weighted by Gasteiger charge is 2.38. The molecular formula is C21H21F2N3O2S. The Kier molecular flexibility index (Phi) is 6.64. The third-order valence-corrected chi connectivity index (χ3v) is 5.44. The zero-order valence-electron chi connectivity index (χ0n) is 16.1.